The SMILES string of the molecule is Cl.Cl.NCCCn1cc(-c2ccc(OC(F)(F)F)cc2)c2cc(CN3CCC(Oc4cccc(Cl)c4)CC3)ccc21. The lowest BCUT2D eigenvalue weighted by atomic mass is 10.0. The molecule has 2 N–H and O–H groups in total. The topological polar surface area (TPSA) is 52.7 Å². The largest absolute Gasteiger partial charge is 0.573 e. The van der Waals surface area contributed by atoms with E-state index in [-0.39, 0.29) is 36.7 Å². The highest BCUT2D eigenvalue weighted by Gasteiger charge is 2.31. The summed E-state index contributed by atoms with van der Waals surface area (Å²) in [5.74, 6) is 0.567. The summed E-state index contributed by atoms with van der Waals surface area (Å²) in [5, 5.41) is 1.73. The van der Waals surface area contributed by atoms with Gasteiger partial charge in [-0.1, -0.05) is 35.9 Å². The number of rotatable bonds is 9. The minimum atomic E-state index is -4.72. The third-order valence-electron chi connectivity index (χ3n) is 6.99. The number of hydrogen-bond acceptors (Lipinski definition) is 4. The zero-order valence-corrected chi connectivity index (χ0v) is 24.7. The second-order valence-electron chi connectivity index (χ2n) is 9.85. The van der Waals surface area contributed by atoms with Crippen LogP contribution >= 0.6 is 36.4 Å². The smallest absolute Gasteiger partial charge is 0.490 e. The minimum absolute atomic E-state index is 0. The summed E-state index contributed by atoms with van der Waals surface area (Å²) in [4.78, 5) is 2.42. The molecule has 0 unspecified atom stereocenters. The molecule has 5 rings (SSSR count). The molecule has 0 aliphatic carbocycles. The molecule has 0 spiro atoms. The lowest BCUT2D eigenvalue weighted by molar-refractivity contribution is -0.274. The van der Waals surface area contributed by atoms with Crippen LogP contribution in [0.4, 0.5) is 13.2 Å². The van der Waals surface area contributed by atoms with Crippen molar-refractivity contribution in [3.8, 4) is 22.6 Å². The molecule has 41 heavy (non-hydrogen) atoms. The first-order valence-electron chi connectivity index (χ1n) is 13.1. The summed E-state index contributed by atoms with van der Waals surface area (Å²) in [6, 6.07) is 20.0. The molecule has 0 amide bonds. The fourth-order valence-electron chi connectivity index (χ4n) is 5.13. The molecular weight excluding hydrogens is 598 g/mol. The number of halogens is 6. The Kier molecular flexibility index (Phi) is 11.6. The molecule has 11 heteroatoms. The molecule has 0 saturated carbocycles. The third kappa shape index (κ3) is 8.69. The van der Waals surface area contributed by atoms with E-state index in [4.69, 9.17) is 22.1 Å². The summed E-state index contributed by atoms with van der Waals surface area (Å²) in [6.45, 7) is 4.00. The lowest BCUT2D eigenvalue weighted by Gasteiger charge is -2.32. The number of likely N-dealkylation sites (tertiary alicyclic amines) is 1. The summed E-state index contributed by atoms with van der Waals surface area (Å²) in [7, 11) is 0. The van der Waals surface area contributed by atoms with Gasteiger partial charge in [-0.15, -0.1) is 38.0 Å². The van der Waals surface area contributed by atoms with Gasteiger partial charge in [0.25, 0.3) is 0 Å². The molecule has 1 saturated heterocycles. The van der Waals surface area contributed by atoms with Crippen LogP contribution in [0.1, 0.15) is 24.8 Å². The van der Waals surface area contributed by atoms with Gasteiger partial charge in [0.2, 0.25) is 0 Å². The maximum Gasteiger partial charge on any atom is 0.573 e. The molecule has 222 valence electrons. The van der Waals surface area contributed by atoms with Crippen molar-refractivity contribution in [1.29, 1.82) is 0 Å². The summed E-state index contributed by atoms with van der Waals surface area (Å²) in [5.41, 5.74) is 9.81. The number of piperidine rings is 1. The van der Waals surface area contributed by atoms with Crippen molar-refractivity contribution >= 4 is 47.3 Å². The zero-order chi connectivity index (χ0) is 27.4. The van der Waals surface area contributed by atoms with Crippen molar-refractivity contribution < 1.29 is 22.6 Å². The third-order valence-corrected chi connectivity index (χ3v) is 7.22. The van der Waals surface area contributed by atoms with Crippen LogP contribution in [0.15, 0.2) is 72.9 Å². The van der Waals surface area contributed by atoms with Crippen LogP contribution in [0.3, 0.4) is 0 Å². The van der Waals surface area contributed by atoms with E-state index in [0.717, 1.165) is 73.2 Å². The predicted molar refractivity (Wildman–Crippen MR) is 163 cm³/mol. The Labute approximate surface area is 255 Å². The van der Waals surface area contributed by atoms with E-state index in [1.807, 2.05) is 24.3 Å². The van der Waals surface area contributed by atoms with Crippen LogP contribution in [0, 0.1) is 0 Å². The number of nitrogens with two attached hydrogens (primary N) is 1. The fraction of sp³-hybridized carbons (Fsp3) is 0.333. The van der Waals surface area contributed by atoms with Gasteiger partial charge in [-0.2, -0.15) is 0 Å². The Balaban J connectivity index is 0.00000231. The highest BCUT2D eigenvalue weighted by Crippen LogP contribution is 2.34. The monoisotopic (exact) mass is 629 g/mol. The summed E-state index contributed by atoms with van der Waals surface area (Å²) in [6.07, 6.45) is 0.196. The normalized spacial score (nSPS) is 14.4. The van der Waals surface area contributed by atoms with Crippen molar-refractivity contribution in [2.75, 3.05) is 19.6 Å². The highest BCUT2D eigenvalue weighted by atomic mass is 35.5. The number of aromatic nitrogens is 1. The van der Waals surface area contributed by atoms with Crippen molar-refractivity contribution in [2.45, 2.75) is 44.8 Å². The van der Waals surface area contributed by atoms with Crippen LogP contribution in [-0.2, 0) is 13.1 Å². The number of benzene rings is 3. The van der Waals surface area contributed by atoms with E-state index in [2.05, 4.69) is 38.6 Å². The highest BCUT2D eigenvalue weighted by molar-refractivity contribution is 6.30. The first kappa shape index (κ1) is 32.9. The molecule has 5 nitrogen and oxygen atoms in total. The standard InChI is InChI=1S/C30H31ClF3N3O2.2ClH/c31-23-3-1-4-26(18-23)38-24-11-15-36(16-12-24)19-21-5-10-29-27(17-21)28(20-37(29)14-2-13-35)22-6-8-25(9-7-22)39-30(32,33)34;;/h1,3-10,17-18,20,24H,2,11-16,19,35H2;2*1H. The van der Waals surface area contributed by atoms with Crippen molar-refractivity contribution in [1.82, 2.24) is 9.47 Å². The van der Waals surface area contributed by atoms with Crippen LogP contribution in [0.2, 0.25) is 5.02 Å². The van der Waals surface area contributed by atoms with Crippen molar-refractivity contribution in [3.63, 3.8) is 0 Å². The van der Waals surface area contributed by atoms with Crippen LogP contribution in [-0.4, -0.2) is 41.6 Å². The average Bonchev–Trinajstić information content (AvgIpc) is 3.26. The van der Waals surface area contributed by atoms with E-state index in [1.165, 1.54) is 17.7 Å². The van der Waals surface area contributed by atoms with E-state index in [9.17, 15) is 13.2 Å². The molecule has 4 aromatic rings. The summed E-state index contributed by atoms with van der Waals surface area (Å²) >= 11 is 6.08. The fourth-order valence-corrected chi connectivity index (χ4v) is 5.31. The van der Waals surface area contributed by atoms with Crippen LogP contribution in [0.5, 0.6) is 11.5 Å². The van der Waals surface area contributed by atoms with Gasteiger partial charge >= 0.3 is 6.36 Å². The summed E-state index contributed by atoms with van der Waals surface area (Å²) < 4.78 is 50.2. The lowest BCUT2D eigenvalue weighted by Crippen LogP contribution is -2.37. The first-order valence-corrected chi connectivity index (χ1v) is 13.5. The quantitative estimate of drug-likeness (QED) is 0.203. The average molecular weight is 631 g/mol. The number of hydrogen-bond donors (Lipinski definition) is 1. The Hall–Kier alpha value is -2.62. The number of fused-ring (bicyclic) bond motifs is 1. The van der Waals surface area contributed by atoms with Crippen molar-refractivity contribution in [2.24, 2.45) is 5.73 Å². The molecule has 0 radical (unpaired) electrons. The molecule has 0 atom stereocenters. The maximum absolute atomic E-state index is 12.6. The number of ether oxygens (including phenoxy) is 2. The first-order chi connectivity index (χ1) is 18.8. The van der Waals surface area contributed by atoms with Gasteiger partial charge in [0.1, 0.15) is 17.6 Å². The van der Waals surface area contributed by atoms with Gasteiger partial charge < -0.3 is 19.8 Å². The molecule has 1 fully saturated rings. The van der Waals surface area contributed by atoms with Gasteiger partial charge in [0.05, 0.1) is 0 Å². The Morgan fingerprint density at radius 1 is 0.927 bits per heavy atom. The number of nitrogens with zero attached hydrogens (tertiary/aromatic N) is 2. The van der Waals surface area contributed by atoms with Crippen LogP contribution in [0.25, 0.3) is 22.0 Å². The van der Waals surface area contributed by atoms with Gasteiger partial charge in [0, 0.05) is 53.9 Å². The van der Waals surface area contributed by atoms with Gasteiger partial charge in [0.15, 0.2) is 0 Å². The molecule has 1 aliphatic heterocycles. The Morgan fingerprint density at radius 3 is 2.32 bits per heavy atom. The minimum Gasteiger partial charge on any atom is -0.490 e. The molecular formula is C30H33Cl3F3N3O2. The van der Waals surface area contributed by atoms with Gasteiger partial charge in [-0.3, -0.25) is 4.90 Å². The molecule has 3 aromatic carbocycles. The number of alkyl halides is 3. The molecule has 0 bridgehead atoms. The predicted octanol–water partition coefficient (Wildman–Crippen LogP) is 8.10. The zero-order valence-electron chi connectivity index (χ0n) is 22.3. The Bertz CT molecular complexity index is 1410. The maximum atomic E-state index is 12.6. The van der Waals surface area contributed by atoms with Gasteiger partial charge in [-0.05, 0) is 79.4 Å². The van der Waals surface area contributed by atoms with E-state index in [0.29, 0.717) is 11.6 Å². The molecule has 2 heterocycles. The van der Waals surface area contributed by atoms with E-state index >= 15 is 0 Å². The molecule has 1 aliphatic rings. The number of aryl methyl sites for hydroxylation is 1. The van der Waals surface area contributed by atoms with Crippen LogP contribution < -0.4 is 15.2 Å². The van der Waals surface area contributed by atoms with Gasteiger partial charge in [-0.25, -0.2) is 0 Å². The second-order valence-corrected chi connectivity index (χ2v) is 10.3. The second kappa shape index (κ2) is 14.5. The van der Waals surface area contributed by atoms with E-state index < -0.39 is 6.36 Å². The molecule has 1 aromatic heterocycles. The van der Waals surface area contributed by atoms with Crippen molar-refractivity contribution in [3.05, 3.63) is 83.5 Å². The Morgan fingerprint density at radius 2 is 1.66 bits per heavy atom. The van der Waals surface area contributed by atoms with E-state index in [1.54, 1.807) is 12.1 Å².